The highest BCUT2D eigenvalue weighted by Crippen LogP contribution is 2.15. The summed E-state index contributed by atoms with van der Waals surface area (Å²) in [5.41, 5.74) is 7.68. The monoisotopic (exact) mass is 367 g/mol. The van der Waals surface area contributed by atoms with Crippen molar-refractivity contribution in [1.82, 2.24) is 15.0 Å². The number of aryl methyl sites for hydroxylation is 1. The van der Waals surface area contributed by atoms with E-state index in [1.54, 1.807) is 6.08 Å². The van der Waals surface area contributed by atoms with Gasteiger partial charge in [0.15, 0.2) is 12.4 Å². The largest absolute Gasteiger partial charge is 0.454 e. The molecule has 0 atom stereocenters. The average molecular weight is 367 g/mol. The Labute approximate surface area is 154 Å². The number of hydrogen-bond acceptors (Lipinski definition) is 8. The van der Waals surface area contributed by atoms with Crippen LogP contribution in [0.5, 0.6) is 0 Å². The van der Waals surface area contributed by atoms with E-state index in [0.717, 1.165) is 16.1 Å². The van der Waals surface area contributed by atoms with Crippen molar-refractivity contribution in [1.29, 1.82) is 0 Å². The highest BCUT2D eigenvalue weighted by atomic mass is 32.1. The van der Waals surface area contributed by atoms with Crippen LogP contribution < -0.4 is 11.1 Å². The number of anilines is 3. The summed E-state index contributed by atoms with van der Waals surface area (Å²) in [5.74, 6) is 0.131. The molecule has 0 radical (unpaired) electrons. The number of nitrogens with two attached hydrogens (primary N) is 1. The van der Waals surface area contributed by atoms with Crippen LogP contribution in [0.1, 0.15) is 16.3 Å². The van der Waals surface area contributed by atoms with Crippen LogP contribution in [0, 0.1) is 6.92 Å². The van der Waals surface area contributed by atoms with Crippen molar-refractivity contribution in [2.24, 2.45) is 0 Å². The van der Waals surface area contributed by atoms with Gasteiger partial charge in [0.05, 0.1) is 0 Å². The summed E-state index contributed by atoms with van der Waals surface area (Å²) >= 11 is 1.53. The van der Waals surface area contributed by atoms with Crippen molar-refractivity contribution in [3.63, 3.8) is 0 Å². The van der Waals surface area contributed by atoms with Crippen LogP contribution in [0.25, 0.3) is 6.08 Å². The first kappa shape index (κ1) is 17.6. The zero-order valence-corrected chi connectivity index (χ0v) is 14.9. The molecule has 8 heteroatoms. The van der Waals surface area contributed by atoms with Gasteiger partial charge in [0, 0.05) is 16.6 Å². The second-order valence-corrected chi connectivity index (χ2v) is 6.36. The molecule has 3 aromatic rings. The highest BCUT2D eigenvalue weighted by molar-refractivity contribution is 7.10. The topological polar surface area (TPSA) is 103 Å². The molecule has 0 saturated heterocycles. The lowest BCUT2D eigenvalue weighted by atomic mass is 10.2. The molecule has 132 valence electrons. The Kier molecular flexibility index (Phi) is 5.55. The summed E-state index contributed by atoms with van der Waals surface area (Å²) in [6.07, 6.45) is 3.06. The number of carbonyl (C=O) groups is 1. The maximum Gasteiger partial charge on any atom is 0.331 e. The van der Waals surface area contributed by atoms with E-state index in [1.165, 1.54) is 17.4 Å². The zero-order chi connectivity index (χ0) is 18.4. The average Bonchev–Trinajstić information content (AvgIpc) is 3.13. The molecule has 0 aliphatic heterocycles. The molecule has 3 N–H and O–H groups in total. The molecular weight excluding hydrogens is 350 g/mol. The minimum atomic E-state index is -0.481. The van der Waals surface area contributed by atoms with Gasteiger partial charge < -0.3 is 15.8 Å². The number of nitrogens with one attached hydrogen (secondary N) is 1. The Bertz CT molecular complexity index is 908. The van der Waals surface area contributed by atoms with Gasteiger partial charge in [-0.1, -0.05) is 23.8 Å². The number of nitrogen functional groups attached to an aromatic ring is 1. The number of nitrogens with zero attached hydrogens (tertiary/aromatic N) is 3. The minimum absolute atomic E-state index is 0.0507. The van der Waals surface area contributed by atoms with E-state index in [4.69, 9.17) is 10.5 Å². The van der Waals surface area contributed by atoms with Crippen molar-refractivity contribution < 1.29 is 9.53 Å². The van der Waals surface area contributed by atoms with Crippen LogP contribution in [-0.4, -0.2) is 20.9 Å². The van der Waals surface area contributed by atoms with Gasteiger partial charge in [-0.3, -0.25) is 0 Å². The lowest BCUT2D eigenvalue weighted by molar-refractivity contribution is -0.139. The molecule has 0 aliphatic carbocycles. The van der Waals surface area contributed by atoms with Gasteiger partial charge in [0.2, 0.25) is 11.9 Å². The fraction of sp³-hybridized carbons (Fsp3) is 0.111. The number of carbonyl (C=O) groups excluding carboxylic acids is 1. The Morgan fingerprint density at radius 1 is 1.23 bits per heavy atom. The fourth-order valence-electron chi connectivity index (χ4n) is 2.04. The number of ether oxygens (including phenoxy) is 1. The summed E-state index contributed by atoms with van der Waals surface area (Å²) in [6, 6.07) is 11.6. The maximum atomic E-state index is 11.8. The first-order valence-corrected chi connectivity index (χ1v) is 8.69. The third-order valence-corrected chi connectivity index (χ3v) is 4.11. The van der Waals surface area contributed by atoms with Crippen molar-refractivity contribution in [3.8, 4) is 0 Å². The molecule has 0 bridgehead atoms. The molecule has 0 aliphatic rings. The van der Waals surface area contributed by atoms with Gasteiger partial charge in [-0.25, -0.2) is 4.79 Å². The van der Waals surface area contributed by atoms with Gasteiger partial charge in [0.25, 0.3) is 0 Å². The SMILES string of the molecule is Cc1ccc(Nc2nc(N)nc(COC(=O)/C=C/c3cccs3)n2)cc1. The minimum Gasteiger partial charge on any atom is -0.454 e. The lowest BCUT2D eigenvalue weighted by Gasteiger charge is -2.07. The summed E-state index contributed by atoms with van der Waals surface area (Å²) in [6.45, 7) is 1.91. The summed E-state index contributed by atoms with van der Waals surface area (Å²) in [5, 5.41) is 4.98. The molecule has 0 fully saturated rings. The first-order chi connectivity index (χ1) is 12.6. The molecule has 26 heavy (non-hydrogen) atoms. The van der Waals surface area contributed by atoms with Crippen LogP contribution >= 0.6 is 11.3 Å². The van der Waals surface area contributed by atoms with E-state index in [1.807, 2.05) is 48.7 Å². The number of rotatable bonds is 6. The number of esters is 1. The predicted molar refractivity (Wildman–Crippen MR) is 102 cm³/mol. The van der Waals surface area contributed by atoms with E-state index in [2.05, 4.69) is 20.3 Å². The molecule has 0 amide bonds. The van der Waals surface area contributed by atoms with Crippen LogP contribution in [-0.2, 0) is 16.1 Å². The molecule has 0 unspecified atom stereocenters. The van der Waals surface area contributed by atoms with Gasteiger partial charge >= 0.3 is 5.97 Å². The maximum absolute atomic E-state index is 11.8. The number of aromatic nitrogens is 3. The molecular formula is C18H17N5O2S. The smallest absolute Gasteiger partial charge is 0.331 e. The molecule has 7 nitrogen and oxygen atoms in total. The zero-order valence-electron chi connectivity index (χ0n) is 14.0. The summed E-state index contributed by atoms with van der Waals surface area (Å²) in [4.78, 5) is 25.0. The van der Waals surface area contributed by atoms with Gasteiger partial charge in [-0.2, -0.15) is 15.0 Å². The Morgan fingerprint density at radius 2 is 2.04 bits per heavy atom. The van der Waals surface area contributed by atoms with Crippen molar-refractivity contribution in [2.45, 2.75) is 13.5 Å². The Balaban J connectivity index is 1.62. The molecule has 0 spiro atoms. The van der Waals surface area contributed by atoms with E-state index in [-0.39, 0.29) is 18.4 Å². The van der Waals surface area contributed by atoms with Crippen molar-refractivity contribution in [2.75, 3.05) is 11.1 Å². The van der Waals surface area contributed by atoms with Crippen molar-refractivity contribution in [3.05, 3.63) is 64.1 Å². The number of thiophene rings is 1. The standard InChI is InChI=1S/C18H17N5O2S/c1-12-4-6-13(7-5-12)20-18-22-15(21-17(19)23-18)11-25-16(24)9-8-14-3-2-10-26-14/h2-10H,11H2,1H3,(H3,19,20,21,22,23)/b9-8+. The van der Waals surface area contributed by atoms with Gasteiger partial charge in [-0.05, 0) is 36.6 Å². The van der Waals surface area contributed by atoms with E-state index >= 15 is 0 Å². The molecule has 0 saturated carbocycles. The van der Waals surface area contributed by atoms with Crippen LogP contribution in [0.2, 0.25) is 0 Å². The molecule has 2 aromatic heterocycles. The third-order valence-electron chi connectivity index (χ3n) is 3.28. The second-order valence-electron chi connectivity index (χ2n) is 5.38. The Morgan fingerprint density at radius 3 is 2.77 bits per heavy atom. The van der Waals surface area contributed by atoms with Crippen molar-refractivity contribution >= 4 is 41.0 Å². The molecule has 2 heterocycles. The fourth-order valence-corrected chi connectivity index (χ4v) is 2.66. The third kappa shape index (κ3) is 5.12. The molecule has 1 aromatic carbocycles. The van der Waals surface area contributed by atoms with E-state index in [9.17, 15) is 4.79 Å². The normalized spacial score (nSPS) is 10.8. The Hall–Kier alpha value is -3.26. The van der Waals surface area contributed by atoms with Crippen LogP contribution in [0.3, 0.4) is 0 Å². The molecule has 3 rings (SSSR count). The van der Waals surface area contributed by atoms with Gasteiger partial charge in [-0.15, -0.1) is 11.3 Å². The van der Waals surface area contributed by atoms with E-state index in [0.29, 0.717) is 5.95 Å². The van der Waals surface area contributed by atoms with Crippen LogP contribution in [0.15, 0.2) is 47.9 Å². The summed E-state index contributed by atoms with van der Waals surface area (Å²) in [7, 11) is 0. The van der Waals surface area contributed by atoms with Crippen LogP contribution in [0.4, 0.5) is 17.6 Å². The first-order valence-electron chi connectivity index (χ1n) is 7.81. The highest BCUT2D eigenvalue weighted by Gasteiger charge is 2.07. The number of hydrogen-bond donors (Lipinski definition) is 2. The van der Waals surface area contributed by atoms with Gasteiger partial charge in [0.1, 0.15) is 0 Å². The summed E-state index contributed by atoms with van der Waals surface area (Å²) < 4.78 is 5.15. The quantitative estimate of drug-likeness (QED) is 0.509. The lowest BCUT2D eigenvalue weighted by Crippen LogP contribution is -2.10. The predicted octanol–water partition coefficient (Wildman–Crippen LogP) is 3.32. The second kappa shape index (κ2) is 8.21. The van der Waals surface area contributed by atoms with E-state index < -0.39 is 5.97 Å². The number of benzene rings is 1.